The zero-order valence-electron chi connectivity index (χ0n) is 10.2. The van der Waals surface area contributed by atoms with Gasteiger partial charge in [-0.3, -0.25) is 0 Å². The summed E-state index contributed by atoms with van der Waals surface area (Å²) in [7, 11) is 0. The standard InChI is InChI=1S/C14H16N4/c1-3-7-15-13(5-1)17-9-11-18(12-10-17)14-6-2-4-8-16-14/h1-8H,9-12H2. The summed E-state index contributed by atoms with van der Waals surface area (Å²) in [5.41, 5.74) is 0. The van der Waals surface area contributed by atoms with Gasteiger partial charge >= 0.3 is 0 Å². The Balaban J connectivity index is 1.65. The number of hydrogen-bond acceptors (Lipinski definition) is 4. The van der Waals surface area contributed by atoms with E-state index in [1.54, 1.807) is 0 Å². The second-order valence-electron chi connectivity index (χ2n) is 4.35. The zero-order valence-corrected chi connectivity index (χ0v) is 10.2. The van der Waals surface area contributed by atoms with Gasteiger partial charge in [0.2, 0.25) is 0 Å². The van der Waals surface area contributed by atoms with Crippen molar-refractivity contribution in [3.05, 3.63) is 48.8 Å². The van der Waals surface area contributed by atoms with Gasteiger partial charge in [-0.15, -0.1) is 0 Å². The lowest BCUT2D eigenvalue weighted by molar-refractivity contribution is 0.642. The maximum absolute atomic E-state index is 4.39. The number of anilines is 2. The SMILES string of the molecule is c1ccc(N2CCN(c3ccccn3)CC2)nc1. The highest BCUT2D eigenvalue weighted by atomic mass is 15.3. The minimum Gasteiger partial charge on any atom is -0.353 e. The Morgan fingerprint density at radius 3 is 1.44 bits per heavy atom. The summed E-state index contributed by atoms with van der Waals surface area (Å²) in [6.45, 7) is 3.97. The number of piperazine rings is 1. The molecule has 0 atom stereocenters. The van der Waals surface area contributed by atoms with Crippen molar-refractivity contribution in [3.8, 4) is 0 Å². The van der Waals surface area contributed by atoms with Crippen LogP contribution in [0.1, 0.15) is 0 Å². The third-order valence-corrected chi connectivity index (χ3v) is 3.23. The Morgan fingerprint density at radius 2 is 1.11 bits per heavy atom. The topological polar surface area (TPSA) is 32.3 Å². The fraction of sp³-hybridized carbons (Fsp3) is 0.286. The second kappa shape index (κ2) is 5.04. The van der Waals surface area contributed by atoms with Crippen LogP contribution in [-0.4, -0.2) is 36.1 Å². The van der Waals surface area contributed by atoms with E-state index < -0.39 is 0 Å². The third-order valence-electron chi connectivity index (χ3n) is 3.23. The summed E-state index contributed by atoms with van der Waals surface area (Å²) >= 11 is 0. The molecule has 2 aromatic rings. The van der Waals surface area contributed by atoms with Gasteiger partial charge in [0.1, 0.15) is 11.6 Å². The molecule has 3 heterocycles. The van der Waals surface area contributed by atoms with E-state index in [1.165, 1.54) is 0 Å². The Kier molecular flexibility index (Phi) is 3.08. The summed E-state index contributed by atoms with van der Waals surface area (Å²) in [6, 6.07) is 12.1. The molecule has 92 valence electrons. The lowest BCUT2D eigenvalue weighted by Gasteiger charge is -2.36. The van der Waals surface area contributed by atoms with Gasteiger partial charge in [0, 0.05) is 38.6 Å². The van der Waals surface area contributed by atoms with Gasteiger partial charge in [0.25, 0.3) is 0 Å². The monoisotopic (exact) mass is 240 g/mol. The molecule has 0 aliphatic carbocycles. The van der Waals surface area contributed by atoms with E-state index in [1.807, 2.05) is 36.7 Å². The second-order valence-corrected chi connectivity index (χ2v) is 4.35. The predicted molar refractivity (Wildman–Crippen MR) is 72.9 cm³/mol. The maximum atomic E-state index is 4.39. The average Bonchev–Trinajstić information content (AvgIpc) is 2.49. The first-order valence-electron chi connectivity index (χ1n) is 6.25. The average molecular weight is 240 g/mol. The van der Waals surface area contributed by atoms with Crippen LogP contribution in [-0.2, 0) is 0 Å². The number of aromatic nitrogens is 2. The first-order valence-corrected chi connectivity index (χ1v) is 6.25. The smallest absolute Gasteiger partial charge is 0.128 e. The fourth-order valence-corrected chi connectivity index (χ4v) is 2.25. The molecule has 4 heteroatoms. The van der Waals surface area contributed by atoms with Crippen molar-refractivity contribution in [1.29, 1.82) is 0 Å². The molecule has 18 heavy (non-hydrogen) atoms. The number of pyridine rings is 2. The highest BCUT2D eigenvalue weighted by Gasteiger charge is 2.18. The van der Waals surface area contributed by atoms with Crippen LogP contribution in [0.25, 0.3) is 0 Å². The van der Waals surface area contributed by atoms with Crippen LogP contribution in [0.4, 0.5) is 11.6 Å². The van der Waals surface area contributed by atoms with Gasteiger partial charge in [0.05, 0.1) is 0 Å². The maximum Gasteiger partial charge on any atom is 0.128 e. The van der Waals surface area contributed by atoms with Gasteiger partial charge in [-0.05, 0) is 24.3 Å². The van der Waals surface area contributed by atoms with Crippen LogP contribution in [0.2, 0.25) is 0 Å². The van der Waals surface area contributed by atoms with Gasteiger partial charge in [0.15, 0.2) is 0 Å². The van der Waals surface area contributed by atoms with Gasteiger partial charge in [-0.25, -0.2) is 9.97 Å². The molecular weight excluding hydrogens is 224 g/mol. The van der Waals surface area contributed by atoms with Gasteiger partial charge in [-0.1, -0.05) is 12.1 Å². The minimum absolute atomic E-state index is 0.994. The molecule has 0 unspecified atom stereocenters. The number of hydrogen-bond donors (Lipinski definition) is 0. The van der Waals surface area contributed by atoms with Crippen LogP contribution in [0.15, 0.2) is 48.8 Å². The summed E-state index contributed by atoms with van der Waals surface area (Å²) in [6.07, 6.45) is 3.70. The van der Waals surface area contributed by atoms with Gasteiger partial charge in [-0.2, -0.15) is 0 Å². The van der Waals surface area contributed by atoms with Crippen molar-refractivity contribution in [2.45, 2.75) is 0 Å². The molecule has 1 aliphatic heterocycles. The lowest BCUT2D eigenvalue weighted by Crippen LogP contribution is -2.47. The highest BCUT2D eigenvalue weighted by Crippen LogP contribution is 2.16. The summed E-state index contributed by atoms with van der Waals surface area (Å²) in [5.74, 6) is 2.14. The van der Waals surface area contributed by atoms with E-state index in [0.29, 0.717) is 0 Å². The van der Waals surface area contributed by atoms with Crippen molar-refractivity contribution in [3.63, 3.8) is 0 Å². The fourth-order valence-electron chi connectivity index (χ4n) is 2.25. The van der Waals surface area contributed by atoms with Crippen molar-refractivity contribution in [2.24, 2.45) is 0 Å². The molecule has 0 spiro atoms. The third kappa shape index (κ3) is 2.27. The van der Waals surface area contributed by atoms with E-state index >= 15 is 0 Å². The highest BCUT2D eigenvalue weighted by molar-refractivity contribution is 5.44. The van der Waals surface area contributed by atoms with Crippen molar-refractivity contribution < 1.29 is 0 Å². The van der Waals surface area contributed by atoms with E-state index in [0.717, 1.165) is 37.8 Å². The normalized spacial score (nSPS) is 15.8. The minimum atomic E-state index is 0.994. The van der Waals surface area contributed by atoms with Crippen molar-refractivity contribution in [2.75, 3.05) is 36.0 Å². The predicted octanol–water partition coefficient (Wildman–Crippen LogP) is 1.80. The molecule has 4 nitrogen and oxygen atoms in total. The Morgan fingerprint density at radius 1 is 0.667 bits per heavy atom. The molecule has 0 amide bonds. The summed E-state index contributed by atoms with van der Waals surface area (Å²) in [4.78, 5) is 13.4. The molecular formula is C14H16N4. The van der Waals surface area contributed by atoms with Gasteiger partial charge < -0.3 is 9.80 Å². The van der Waals surface area contributed by atoms with Crippen molar-refractivity contribution >= 4 is 11.6 Å². The Hall–Kier alpha value is -2.10. The first-order chi connectivity index (χ1) is 8.93. The van der Waals surface area contributed by atoms with Crippen molar-refractivity contribution in [1.82, 2.24) is 9.97 Å². The first kappa shape index (κ1) is 11.0. The van der Waals surface area contributed by atoms with E-state index in [9.17, 15) is 0 Å². The van der Waals surface area contributed by atoms with Crippen LogP contribution in [0.3, 0.4) is 0 Å². The number of rotatable bonds is 2. The summed E-state index contributed by atoms with van der Waals surface area (Å²) < 4.78 is 0. The molecule has 1 saturated heterocycles. The van der Waals surface area contributed by atoms with Crippen LogP contribution < -0.4 is 9.80 Å². The molecule has 1 aliphatic rings. The molecule has 0 radical (unpaired) electrons. The van der Waals surface area contributed by atoms with Crippen LogP contribution >= 0.6 is 0 Å². The largest absolute Gasteiger partial charge is 0.353 e. The van der Waals surface area contributed by atoms with Crippen LogP contribution in [0, 0.1) is 0 Å². The molecule has 0 bridgehead atoms. The van der Waals surface area contributed by atoms with Crippen LogP contribution in [0.5, 0.6) is 0 Å². The zero-order chi connectivity index (χ0) is 12.2. The molecule has 1 fully saturated rings. The molecule has 3 rings (SSSR count). The Labute approximate surface area is 107 Å². The quantitative estimate of drug-likeness (QED) is 0.801. The summed E-state index contributed by atoms with van der Waals surface area (Å²) in [5, 5.41) is 0. The van der Waals surface area contributed by atoms with E-state index in [-0.39, 0.29) is 0 Å². The molecule has 0 aromatic carbocycles. The van der Waals surface area contributed by atoms with E-state index in [4.69, 9.17) is 0 Å². The molecule has 0 N–H and O–H groups in total. The molecule has 0 saturated carbocycles. The lowest BCUT2D eigenvalue weighted by atomic mass is 10.3. The number of nitrogens with zero attached hydrogens (tertiary/aromatic N) is 4. The molecule has 2 aromatic heterocycles. The Bertz CT molecular complexity index is 430. The van der Waals surface area contributed by atoms with E-state index in [2.05, 4.69) is 31.9 Å².